The summed E-state index contributed by atoms with van der Waals surface area (Å²) in [5.74, 6) is -0.613. The van der Waals surface area contributed by atoms with E-state index in [1.807, 2.05) is 55.4 Å². The molecule has 22 heteroatoms. The number of rotatable bonds is 10. The van der Waals surface area contributed by atoms with Gasteiger partial charge in [0, 0.05) is 25.6 Å². The van der Waals surface area contributed by atoms with Crippen molar-refractivity contribution in [3.63, 3.8) is 0 Å². The summed E-state index contributed by atoms with van der Waals surface area (Å²) in [6.45, 7) is 16.4. The topological polar surface area (TPSA) is 242 Å². The minimum absolute atomic E-state index is 0.0319. The molecule has 0 aliphatic carbocycles. The van der Waals surface area contributed by atoms with Gasteiger partial charge in [-0.15, -0.1) is 8.73 Å². The molecule has 0 radical (unpaired) electrons. The maximum absolute atomic E-state index is 14.1. The molecule has 2 aliphatic heterocycles. The number of nitrogens with two attached hydrogens (primary N) is 2. The van der Waals surface area contributed by atoms with E-state index in [1.54, 1.807) is 14.2 Å². The standard InChI is InChI=1S/2C20H28FN5O4S/c2*1-11(2)15-6-13(21)7-16(12(3)4)18(15)24-20(27)25-31(22,28)17-8-23-26-9-14(29-5)10-30-19(17)26/h2*6-8,11-12,14H,9-10H2,1-5H3,(H3,22,24,25,27,28)/t2*14-,31?/m00/s1. The van der Waals surface area contributed by atoms with Crippen molar-refractivity contribution in [2.75, 3.05) is 38.1 Å². The van der Waals surface area contributed by atoms with Gasteiger partial charge in [-0.2, -0.15) is 10.2 Å². The van der Waals surface area contributed by atoms with Crippen molar-refractivity contribution < 1.29 is 45.7 Å². The van der Waals surface area contributed by atoms with Crippen molar-refractivity contribution in [1.82, 2.24) is 19.6 Å². The Morgan fingerprint density at radius 3 is 1.26 bits per heavy atom. The summed E-state index contributed by atoms with van der Waals surface area (Å²) in [4.78, 5) is 25.5. The predicted octanol–water partition coefficient (Wildman–Crippen LogP) is 7.22. The summed E-state index contributed by atoms with van der Waals surface area (Å²) in [5.41, 5.74) is 3.37. The zero-order valence-electron chi connectivity index (χ0n) is 36.4. The summed E-state index contributed by atoms with van der Waals surface area (Å²) in [6.07, 6.45) is 2.17. The lowest BCUT2D eigenvalue weighted by atomic mass is 9.92. The van der Waals surface area contributed by atoms with E-state index < -0.39 is 31.9 Å². The van der Waals surface area contributed by atoms with E-state index in [4.69, 9.17) is 29.2 Å². The molecule has 2 aliphatic rings. The van der Waals surface area contributed by atoms with Crippen molar-refractivity contribution in [2.24, 2.45) is 19.0 Å². The number of benzene rings is 2. The number of carbonyl (C=O) groups excluding carboxylic acids is 2. The quantitative estimate of drug-likeness (QED) is 0.125. The van der Waals surface area contributed by atoms with Gasteiger partial charge in [0.2, 0.25) is 11.8 Å². The average molecular weight is 907 g/mol. The van der Waals surface area contributed by atoms with Crippen LogP contribution in [0.1, 0.15) is 101 Å². The normalized spacial score (nSPS) is 17.8. The highest BCUT2D eigenvalue weighted by Gasteiger charge is 2.30. The van der Waals surface area contributed by atoms with Crippen LogP contribution in [0.25, 0.3) is 0 Å². The number of methoxy groups -OCH3 is 2. The summed E-state index contributed by atoms with van der Waals surface area (Å²) < 4.78 is 86.4. The highest BCUT2D eigenvalue weighted by Crippen LogP contribution is 2.36. The number of ether oxygens (including phenoxy) is 4. The number of urea groups is 2. The molecular weight excluding hydrogens is 851 g/mol. The first-order chi connectivity index (χ1) is 29.1. The number of aromatic nitrogens is 4. The largest absolute Gasteiger partial charge is 0.474 e. The monoisotopic (exact) mass is 906 g/mol. The van der Waals surface area contributed by atoms with Crippen molar-refractivity contribution in [3.05, 3.63) is 70.5 Å². The van der Waals surface area contributed by atoms with Gasteiger partial charge in [-0.05, 0) is 70.2 Å². The predicted molar refractivity (Wildman–Crippen MR) is 230 cm³/mol. The molecule has 62 heavy (non-hydrogen) atoms. The molecule has 2 unspecified atom stereocenters. The Hall–Kier alpha value is -5.00. The van der Waals surface area contributed by atoms with Gasteiger partial charge in [0.25, 0.3) is 0 Å². The zero-order chi connectivity index (χ0) is 45.8. The second-order valence-electron chi connectivity index (χ2n) is 16.0. The van der Waals surface area contributed by atoms with Gasteiger partial charge in [-0.25, -0.2) is 46.4 Å². The van der Waals surface area contributed by atoms with Crippen LogP contribution in [0.3, 0.4) is 0 Å². The van der Waals surface area contributed by atoms with Gasteiger partial charge < -0.3 is 29.6 Å². The first-order valence-electron chi connectivity index (χ1n) is 19.9. The number of anilines is 2. The molecule has 6 rings (SSSR count). The Morgan fingerprint density at radius 1 is 0.677 bits per heavy atom. The van der Waals surface area contributed by atoms with E-state index in [1.165, 1.54) is 46.0 Å². The number of hydrogen-bond acceptors (Lipinski definition) is 10. The van der Waals surface area contributed by atoms with Gasteiger partial charge in [0.05, 0.1) is 25.5 Å². The van der Waals surface area contributed by atoms with Crippen molar-refractivity contribution in [2.45, 2.75) is 114 Å². The van der Waals surface area contributed by atoms with Crippen LogP contribution < -0.4 is 30.4 Å². The van der Waals surface area contributed by atoms with Crippen LogP contribution in [-0.2, 0) is 42.4 Å². The van der Waals surface area contributed by atoms with Crippen LogP contribution in [0.15, 0.2) is 55.2 Å². The molecule has 4 amide bonds. The Labute approximate surface area is 361 Å². The lowest BCUT2D eigenvalue weighted by Crippen LogP contribution is -2.32. The van der Waals surface area contributed by atoms with Gasteiger partial charge >= 0.3 is 12.1 Å². The average Bonchev–Trinajstić information content (AvgIpc) is 3.83. The van der Waals surface area contributed by atoms with Crippen molar-refractivity contribution in [1.29, 1.82) is 0 Å². The molecule has 0 saturated heterocycles. The van der Waals surface area contributed by atoms with Gasteiger partial charge in [-0.3, -0.25) is 0 Å². The maximum Gasteiger partial charge on any atom is 0.354 e. The fraction of sp³-hybridized carbons (Fsp3) is 0.500. The molecule has 0 saturated carbocycles. The summed E-state index contributed by atoms with van der Waals surface area (Å²) in [6, 6.07) is 3.71. The number of hydrogen-bond donors (Lipinski definition) is 4. The molecule has 340 valence electrons. The molecule has 6 N–H and O–H groups in total. The van der Waals surface area contributed by atoms with Crippen LogP contribution in [0, 0.1) is 11.6 Å². The van der Waals surface area contributed by atoms with Crippen molar-refractivity contribution >= 4 is 43.3 Å². The fourth-order valence-corrected chi connectivity index (χ4v) is 8.81. The molecule has 2 aromatic carbocycles. The van der Waals surface area contributed by atoms with E-state index in [-0.39, 0.29) is 82.3 Å². The molecule has 0 spiro atoms. The molecule has 4 atom stereocenters. The van der Waals surface area contributed by atoms with Gasteiger partial charge in [0.1, 0.15) is 46.8 Å². The van der Waals surface area contributed by atoms with Crippen LogP contribution >= 0.6 is 0 Å². The summed E-state index contributed by atoms with van der Waals surface area (Å²) >= 11 is 0. The van der Waals surface area contributed by atoms with E-state index in [2.05, 4.69) is 29.6 Å². The molecule has 0 fully saturated rings. The van der Waals surface area contributed by atoms with E-state index in [0.29, 0.717) is 46.7 Å². The van der Waals surface area contributed by atoms with Gasteiger partial charge in [-0.1, -0.05) is 55.4 Å². The Balaban J connectivity index is 0.000000234. The second-order valence-corrected chi connectivity index (χ2v) is 19.6. The first-order valence-corrected chi connectivity index (χ1v) is 23.0. The lowest BCUT2D eigenvalue weighted by molar-refractivity contribution is 0.0165. The molecule has 18 nitrogen and oxygen atoms in total. The molecule has 2 aromatic heterocycles. The summed E-state index contributed by atoms with van der Waals surface area (Å²) in [5, 5.41) is 25.4. The number of fused-ring (bicyclic) bond motifs is 2. The van der Waals surface area contributed by atoms with E-state index in [0.717, 1.165) is 0 Å². The van der Waals surface area contributed by atoms with E-state index in [9.17, 15) is 26.8 Å². The molecule has 0 bridgehead atoms. The third-order valence-electron chi connectivity index (χ3n) is 10.1. The Kier molecular flexibility index (Phi) is 15.2. The minimum atomic E-state index is -3.64. The third-order valence-corrected chi connectivity index (χ3v) is 12.8. The highest BCUT2D eigenvalue weighted by molar-refractivity contribution is 7.92. The zero-order valence-corrected chi connectivity index (χ0v) is 38.1. The molecule has 4 aromatic rings. The number of amides is 4. The Bertz CT molecular complexity index is 2330. The SMILES string of the molecule is CO[C@@H]1COc2c(S(N)(=O)=NC(=O)Nc3c(C(C)C)cc(F)cc3C(C)C)cnn2C1.CO[C@@H]1COc2c(S(N)(=O)=NC(=O)Nc3c(C(C)C)cc(F)cc3C(C)C)cnn2C1. The van der Waals surface area contributed by atoms with E-state index >= 15 is 0 Å². The second kappa shape index (κ2) is 19.6. The summed E-state index contributed by atoms with van der Waals surface area (Å²) in [7, 11) is -4.16. The minimum Gasteiger partial charge on any atom is -0.474 e. The van der Waals surface area contributed by atoms with Crippen LogP contribution in [-0.4, -0.2) is 79.7 Å². The first kappa shape index (κ1) is 48.0. The lowest BCUT2D eigenvalue weighted by Gasteiger charge is -2.23. The fourth-order valence-electron chi connectivity index (χ4n) is 6.80. The van der Waals surface area contributed by atoms with Crippen molar-refractivity contribution in [3.8, 4) is 11.8 Å². The van der Waals surface area contributed by atoms with Crippen LogP contribution in [0.5, 0.6) is 11.8 Å². The number of halogens is 2. The maximum atomic E-state index is 14.1. The van der Waals surface area contributed by atoms with Gasteiger partial charge in [0.15, 0.2) is 19.8 Å². The number of nitrogens with zero attached hydrogens (tertiary/aromatic N) is 6. The smallest absolute Gasteiger partial charge is 0.354 e. The number of nitrogens with one attached hydrogen (secondary N) is 2. The third kappa shape index (κ3) is 11.0. The molecule has 4 heterocycles. The molecular formula is C40H56F2N10O8S2. The highest BCUT2D eigenvalue weighted by atomic mass is 32.2. The number of carbonyl (C=O) groups is 2. The van der Waals surface area contributed by atoms with Crippen LogP contribution in [0.2, 0.25) is 0 Å². The van der Waals surface area contributed by atoms with Crippen LogP contribution in [0.4, 0.5) is 29.7 Å². The Morgan fingerprint density at radius 2 is 0.984 bits per heavy atom.